The topological polar surface area (TPSA) is 26.0 Å². The van der Waals surface area contributed by atoms with Crippen LogP contribution in [0.5, 0.6) is 0 Å². The van der Waals surface area contributed by atoms with Gasteiger partial charge >= 0.3 is 0 Å². The van der Waals surface area contributed by atoms with Crippen LogP contribution in [0.2, 0.25) is 5.02 Å². The van der Waals surface area contributed by atoms with E-state index in [0.717, 1.165) is 0 Å². The van der Waals surface area contributed by atoms with Crippen molar-refractivity contribution >= 4 is 33.2 Å². The van der Waals surface area contributed by atoms with Crippen LogP contribution in [-0.2, 0) is 0 Å². The molecule has 3 heteroatoms. The van der Waals surface area contributed by atoms with Crippen molar-refractivity contribution in [2.24, 2.45) is 0 Å². The number of hydrogen-bond acceptors (Lipinski definition) is 1. The molecule has 0 atom stereocenters. The van der Waals surface area contributed by atoms with E-state index in [-0.39, 0.29) is 0 Å². The first kappa shape index (κ1) is 9.44. The van der Waals surface area contributed by atoms with Crippen molar-refractivity contribution in [2.75, 3.05) is 11.1 Å². The molecule has 0 aliphatic carbocycles. The van der Waals surface area contributed by atoms with Crippen LogP contribution >= 0.6 is 27.5 Å². The summed E-state index contributed by atoms with van der Waals surface area (Å²) >= 11 is 9.07. The fraction of sp³-hybridized carbons (Fsp3) is 0.111. The quantitative estimate of drug-likeness (QED) is 0.424. The Morgan fingerprint density at radius 3 is 2.83 bits per heavy atom. The number of nitrogen functional groups attached to an aromatic ring is 1. The maximum atomic E-state index is 5.87. The molecule has 0 bridgehead atoms. The lowest BCUT2D eigenvalue weighted by Crippen LogP contribution is -1.90. The minimum Gasteiger partial charge on any atom is -0.398 e. The van der Waals surface area contributed by atoms with Crippen molar-refractivity contribution in [1.82, 2.24) is 0 Å². The van der Waals surface area contributed by atoms with E-state index in [9.17, 15) is 0 Å². The molecule has 0 aromatic heterocycles. The third kappa shape index (κ3) is 2.17. The standard InChI is InChI=1S/C9H7BrClN/c10-6-2-3-7-8(11)4-1-5-9(7)12/h1,4-5H,6,12H2. The summed E-state index contributed by atoms with van der Waals surface area (Å²) in [6.45, 7) is 0. The molecule has 0 unspecified atom stereocenters. The van der Waals surface area contributed by atoms with Crippen LogP contribution in [0.25, 0.3) is 0 Å². The Morgan fingerprint density at radius 1 is 1.50 bits per heavy atom. The SMILES string of the molecule is Nc1cccc(Cl)c1C#CCBr. The minimum absolute atomic E-state index is 0.600. The molecule has 1 nitrogen and oxygen atoms in total. The Hall–Kier alpha value is -0.650. The summed E-state index contributed by atoms with van der Waals surface area (Å²) in [4.78, 5) is 0. The lowest BCUT2D eigenvalue weighted by Gasteiger charge is -1.98. The zero-order chi connectivity index (χ0) is 8.97. The average molecular weight is 245 g/mol. The highest BCUT2D eigenvalue weighted by Gasteiger charge is 1.98. The van der Waals surface area contributed by atoms with Crippen LogP contribution in [-0.4, -0.2) is 5.33 Å². The largest absolute Gasteiger partial charge is 0.398 e. The van der Waals surface area contributed by atoms with Crippen LogP contribution in [0.15, 0.2) is 18.2 Å². The Balaban J connectivity index is 3.13. The smallest absolute Gasteiger partial charge is 0.0661 e. The van der Waals surface area contributed by atoms with Crippen molar-refractivity contribution in [3.8, 4) is 11.8 Å². The lowest BCUT2D eigenvalue weighted by molar-refractivity contribution is 1.62. The van der Waals surface area contributed by atoms with Crippen molar-refractivity contribution in [2.45, 2.75) is 0 Å². The zero-order valence-electron chi connectivity index (χ0n) is 6.27. The summed E-state index contributed by atoms with van der Waals surface area (Å²) in [7, 11) is 0. The Bertz CT molecular complexity index is 318. The first-order valence-corrected chi connectivity index (χ1v) is 4.84. The summed E-state index contributed by atoms with van der Waals surface area (Å²) in [6, 6.07) is 5.36. The van der Waals surface area contributed by atoms with E-state index in [4.69, 9.17) is 17.3 Å². The molecule has 0 radical (unpaired) electrons. The Labute approximate surface area is 85.0 Å². The van der Waals surface area contributed by atoms with Gasteiger partial charge in [-0.15, -0.1) is 0 Å². The predicted octanol–water partition coefficient (Wildman–Crippen LogP) is 2.67. The number of alkyl halides is 1. The van der Waals surface area contributed by atoms with Gasteiger partial charge < -0.3 is 5.73 Å². The zero-order valence-corrected chi connectivity index (χ0v) is 8.61. The number of nitrogens with two attached hydrogens (primary N) is 1. The Kier molecular flexibility index (Phi) is 3.46. The number of hydrogen-bond donors (Lipinski definition) is 1. The maximum Gasteiger partial charge on any atom is 0.0661 e. The Morgan fingerprint density at radius 2 is 2.25 bits per heavy atom. The van der Waals surface area contributed by atoms with E-state index in [2.05, 4.69) is 27.8 Å². The van der Waals surface area contributed by atoms with Crippen LogP contribution in [0.3, 0.4) is 0 Å². The second-order valence-electron chi connectivity index (χ2n) is 2.14. The van der Waals surface area contributed by atoms with Gasteiger partial charge in [0, 0.05) is 5.69 Å². The molecular weight excluding hydrogens is 237 g/mol. The molecule has 0 saturated heterocycles. The number of benzene rings is 1. The lowest BCUT2D eigenvalue weighted by atomic mass is 10.2. The van der Waals surface area contributed by atoms with Crippen molar-refractivity contribution < 1.29 is 0 Å². The second kappa shape index (κ2) is 4.39. The molecular formula is C9H7BrClN. The van der Waals surface area contributed by atoms with E-state index in [1.165, 1.54) is 0 Å². The highest BCUT2D eigenvalue weighted by Crippen LogP contribution is 2.20. The molecule has 0 amide bonds. The molecule has 0 saturated carbocycles. The first-order chi connectivity index (χ1) is 5.75. The predicted molar refractivity (Wildman–Crippen MR) is 56.5 cm³/mol. The van der Waals surface area contributed by atoms with Crippen LogP contribution in [0.1, 0.15) is 5.56 Å². The second-order valence-corrected chi connectivity index (χ2v) is 3.11. The van der Waals surface area contributed by atoms with Gasteiger partial charge in [-0.05, 0) is 12.1 Å². The van der Waals surface area contributed by atoms with Gasteiger partial charge in [0.05, 0.1) is 15.9 Å². The fourth-order valence-corrected chi connectivity index (χ4v) is 1.16. The molecule has 0 heterocycles. The molecule has 12 heavy (non-hydrogen) atoms. The average Bonchev–Trinajstić information content (AvgIpc) is 2.04. The van der Waals surface area contributed by atoms with Crippen molar-refractivity contribution in [3.63, 3.8) is 0 Å². The molecule has 1 rings (SSSR count). The normalized spacial score (nSPS) is 8.83. The maximum absolute atomic E-state index is 5.87. The molecule has 0 spiro atoms. The molecule has 0 aliphatic heterocycles. The van der Waals surface area contributed by atoms with Gasteiger partial charge in [0.25, 0.3) is 0 Å². The molecule has 0 aliphatic rings. The van der Waals surface area contributed by atoms with Gasteiger partial charge in [-0.1, -0.05) is 45.4 Å². The number of anilines is 1. The number of halogens is 2. The summed E-state index contributed by atoms with van der Waals surface area (Å²) < 4.78 is 0. The van der Waals surface area contributed by atoms with Gasteiger partial charge in [0.15, 0.2) is 0 Å². The summed E-state index contributed by atoms with van der Waals surface area (Å²) in [5.74, 6) is 5.73. The van der Waals surface area contributed by atoms with Crippen molar-refractivity contribution in [3.05, 3.63) is 28.8 Å². The molecule has 0 fully saturated rings. The van der Waals surface area contributed by atoms with E-state index in [0.29, 0.717) is 21.6 Å². The van der Waals surface area contributed by atoms with Crippen molar-refractivity contribution in [1.29, 1.82) is 0 Å². The van der Waals surface area contributed by atoms with Gasteiger partial charge in [-0.3, -0.25) is 0 Å². The van der Waals surface area contributed by atoms with E-state index in [1.807, 2.05) is 0 Å². The highest BCUT2D eigenvalue weighted by atomic mass is 79.9. The highest BCUT2D eigenvalue weighted by molar-refractivity contribution is 9.09. The molecule has 1 aromatic carbocycles. The summed E-state index contributed by atoms with van der Waals surface area (Å²) in [5, 5.41) is 1.22. The van der Waals surface area contributed by atoms with Gasteiger partial charge in [-0.25, -0.2) is 0 Å². The van der Waals surface area contributed by atoms with Crippen LogP contribution in [0.4, 0.5) is 5.69 Å². The monoisotopic (exact) mass is 243 g/mol. The third-order valence-electron chi connectivity index (χ3n) is 1.33. The number of rotatable bonds is 0. The minimum atomic E-state index is 0.600. The fourth-order valence-electron chi connectivity index (χ4n) is 0.794. The van der Waals surface area contributed by atoms with Crippen LogP contribution in [0, 0.1) is 11.8 Å². The first-order valence-electron chi connectivity index (χ1n) is 3.34. The molecule has 62 valence electrons. The third-order valence-corrected chi connectivity index (χ3v) is 1.92. The summed E-state index contributed by atoms with van der Waals surface area (Å²) in [5.41, 5.74) is 6.99. The van der Waals surface area contributed by atoms with Gasteiger partial charge in [0.2, 0.25) is 0 Å². The van der Waals surface area contributed by atoms with E-state index in [1.54, 1.807) is 18.2 Å². The van der Waals surface area contributed by atoms with Crippen LogP contribution < -0.4 is 5.73 Å². The molecule has 2 N–H and O–H groups in total. The summed E-state index contributed by atoms with van der Waals surface area (Å²) in [6.07, 6.45) is 0. The van der Waals surface area contributed by atoms with E-state index >= 15 is 0 Å². The molecule has 1 aromatic rings. The van der Waals surface area contributed by atoms with Gasteiger partial charge in [0.1, 0.15) is 0 Å². The van der Waals surface area contributed by atoms with Gasteiger partial charge in [-0.2, -0.15) is 0 Å². The van der Waals surface area contributed by atoms with E-state index < -0.39 is 0 Å².